The second kappa shape index (κ2) is 8.29. The van der Waals surface area contributed by atoms with Crippen molar-refractivity contribution in [3.05, 3.63) is 57.2 Å². The van der Waals surface area contributed by atoms with Gasteiger partial charge in [0, 0.05) is 43.9 Å². The molecular formula is C26H28F3N5O3. The molecule has 37 heavy (non-hydrogen) atoms. The van der Waals surface area contributed by atoms with Crippen LogP contribution in [0.25, 0.3) is 11.2 Å². The Morgan fingerprint density at radius 3 is 2.59 bits per heavy atom. The first kappa shape index (κ1) is 24.4. The Bertz CT molecular complexity index is 1450. The monoisotopic (exact) mass is 515 g/mol. The average molecular weight is 516 g/mol. The average Bonchev–Trinajstić information content (AvgIpc) is 3.72. The lowest BCUT2D eigenvalue weighted by molar-refractivity contribution is -0.167. The minimum Gasteiger partial charge on any atom is -0.383 e. The Kier molecular flexibility index (Phi) is 5.47. The maximum atomic E-state index is 13.8. The third-order valence-electron chi connectivity index (χ3n) is 8.39. The number of fused-ring (bicyclic) bond motifs is 2. The number of rotatable bonds is 6. The number of ether oxygens (including phenoxy) is 2. The van der Waals surface area contributed by atoms with Crippen LogP contribution in [-0.4, -0.2) is 51.0 Å². The summed E-state index contributed by atoms with van der Waals surface area (Å²) in [6.07, 6.45) is -1.51. The van der Waals surface area contributed by atoms with Crippen molar-refractivity contribution in [1.82, 2.24) is 24.5 Å². The normalized spacial score (nSPS) is 28.8. The molecule has 6 rings (SSSR count). The second-order valence-electron chi connectivity index (χ2n) is 10.6. The molecule has 0 spiro atoms. The number of aryl methyl sites for hydroxylation is 2. The molecule has 0 radical (unpaired) electrons. The van der Waals surface area contributed by atoms with Crippen LogP contribution >= 0.6 is 0 Å². The van der Waals surface area contributed by atoms with Gasteiger partial charge in [0.2, 0.25) is 0 Å². The molecule has 2 atom stereocenters. The van der Waals surface area contributed by atoms with Crippen LogP contribution in [0.5, 0.6) is 0 Å². The lowest BCUT2D eigenvalue weighted by atomic mass is 9.91. The summed E-state index contributed by atoms with van der Waals surface area (Å²) in [7, 11) is 1.58. The first-order chi connectivity index (χ1) is 17.6. The highest BCUT2D eigenvalue weighted by molar-refractivity contribution is 5.77. The largest absolute Gasteiger partial charge is 0.395 e. The molecule has 0 bridgehead atoms. The van der Waals surface area contributed by atoms with E-state index >= 15 is 0 Å². The highest BCUT2D eigenvalue weighted by Gasteiger charge is 2.94. The van der Waals surface area contributed by atoms with E-state index < -0.39 is 17.0 Å². The van der Waals surface area contributed by atoms with E-state index in [0.29, 0.717) is 66.7 Å². The van der Waals surface area contributed by atoms with Crippen LogP contribution in [0.15, 0.2) is 23.1 Å². The Morgan fingerprint density at radius 1 is 1.14 bits per heavy atom. The standard InChI is InChI=1S/C26H28F3N5O3/c1-14-15(2)31-23-20(30-14)21(24-12-25(24,13-24)26(27,28)29)32-22(33-23)16-6-8-37-18(10-16)17-4-5-19(35)34(11-17)7-9-36-3/h4-5,11,16,18H,6-10,12-13H2,1-3H3. The molecule has 2 unspecified atom stereocenters. The second-order valence-corrected chi connectivity index (χ2v) is 10.6. The minimum atomic E-state index is -4.27. The van der Waals surface area contributed by atoms with E-state index in [1.165, 1.54) is 6.07 Å². The van der Waals surface area contributed by atoms with Gasteiger partial charge in [-0.1, -0.05) is 0 Å². The van der Waals surface area contributed by atoms with Gasteiger partial charge in [-0.15, -0.1) is 0 Å². The fourth-order valence-corrected chi connectivity index (χ4v) is 5.77. The van der Waals surface area contributed by atoms with Crippen molar-refractivity contribution in [3.63, 3.8) is 0 Å². The predicted molar refractivity (Wildman–Crippen MR) is 127 cm³/mol. The van der Waals surface area contributed by atoms with Gasteiger partial charge >= 0.3 is 6.18 Å². The van der Waals surface area contributed by atoms with Crippen molar-refractivity contribution in [1.29, 1.82) is 0 Å². The first-order valence-electron chi connectivity index (χ1n) is 12.5. The fourth-order valence-electron chi connectivity index (χ4n) is 5.77. The summed E-state index contributed by atoms with van der Waals surface area (Å²) in [5.41, 5.74) is 0.497. The molecule has 0 aromatic carbocycles. The molecule has 0 N–H and O–H groups in total. The van der Waals surface area contributed by atoms with Gasteiger partial charge in [-0.3, -0.25) is 4.79 Å². The Balaban J connectivity index is 1.36. The van der Waals surface area contributed by atoms with E-state index in [1.807, 2.05) is 6.92 Å². The van der Waals surface area contributed by atoms with Crippen molar-refractivity contribution in [2.24, 2.45) is 5.41 Å². The van der Waals surface area contributed by atoms with E-state index in [-0.39, 0.29) is 30.4 Å². The summed E-state index contributed by atoms with van der Waals surface area (Å²) in [4.78, 5) is 30.9. The Hall–Kier alpha value is -2.92. The third-order valence-corrected chi connectivity index (χ3v) is 8.39. The summed E-state index contributed by atoms with van der Waals surface area (Å²) in [6, 6.07) is 3.27. The third kappa shape index (κ3) is 3.77. The molecule has 11 heteroatoms. The number of halogens is 3. The zero-order valence-electron chi connectivity index (χ0n) is 20.9. The van der Waals surface area contributed by atoms with Gasteiger partial charge in [0.25, 0.3) is 5.56 Å². The molecule has 3 aromatic heterocycles. The van der Waals surface area contributed by atoms with Gasteiger partial charge in [-0.2, -0.15) is 13.2 Å². The van der Waals surface area contributed by atoms with Crippen molar-refractivity contribution >= 4 is 11.2 Å². The SMILES string of the molecule is COCCn1cc(C2CC(c3nc(C45CC4(C(F)(F)F)C5)c4nc(C)c(C)nc4n3)CCO2)ccc1=O. The highest BCUT2D eigenvalue weighted by atomic mass is 19.4. The van der Waals surface area contributed by atoms with Crippen LogP contribution < -0.4 is 5.56 Å². The predicted octanol–water partition coefficient (Wildman–Crippen LogP) is 4.07. The summed E-state index contributed by atoms with van der Waals surface area (Å²) in [5.74, 6) is 0.365. The molecule has 3 fully saturated rings. The first-order valence-corrected chi connectivity index (χ1v) is 12.5. The van der Waals surface area contributed by atoms with Crippen molar-refractivity contribution in [2.45, 2.75) is 69.7 Å². The molecule has 1 aliphatic heterocycles. The van der Waals surface area contributed by atoms with Crippen LogP contribution in [0.3, 0.4) is 0 Å². The number of aromatic nitrogens is 5. The number of methoxy groups -OCH3 is 1. The van der Waals surface area contributed by atoms with Crippen LogP contribution in [0.1, 0.15) is 66.2 Å². The number of alkyl halides is 3. The van der Waals surface area contributed by atoms with Crippen molar-refractivity contribution < 1.29 is 22.6 Å². The molecule has 2 saturated carbocycles. The fraction of sp³-hybridized carbons (Fsp3) is 0.577. The van der Waals surface area contributed by atoms with Crippen molar-refractivity contribution in [2.75, 3.05) is 20.3 Å². The molecule has 4 heterocycles. The minimum absolute atomic E-state index is 0.0447. The zero-order chi connectivity index (χ0) is 26.2. The highest BCUT2D eigenvalue weighted by Crippen LogP contribution is 2.90. The van der Waals surface area contributed by atoms with Crippen LogP contribution in [0, 0.1) is 19.3 Å². The molecule has 196 valence electrons. The smallest absolute Gasteiger partial charge is 0.383 e. The van der Waals surface area contributed by atoms with Gasteiger partial charge in [0.1, 0.15) is 11.3 Å². The Morgan fingerprint density at radius 2 is 1.89 bits per heavy atom. The number of nitrogens with zero attached hydrogens (tertiary/aromatic N) is 5. The van der Waals surface area contributed by atoms with Crippen LogP contribution in [0.4, 0.5) is 13.2 Å². The number of hydrogen-bond donors (Lipinski definition) is 0. The molecule has 0 amide bonds. The topological polar surface area (TPSA) is 92.0 Å². The van der Waals surface area contributed by atoms with Gasteiger partial charge in [-0.05, 0) is 51.2 Å². The Labute approximate surface area is 211 Å². The molecule has 1 saturated heterocycles. The van der Waals surface area contributed by atoms with E-state index in [1.54, 1.807) is 30.9 Å². The van der Waals surface area contributed by atoms with Gasteiger partial charge < -0.3 is 14.0 Å². The lowest BCUT2D eigenvalue weighted by Crippen LogP contribution is -2.25. The van der Waals surface area contributed by atoms with E-state index in [4.69, 9.17) is 19.4 Å². The number of hydrogen-bond acceptors (Lipinski definition) is 7. The van der Waals surface area contributed by atoms with E-state index in [0.717, 1.165) is 5.56 Å². The van der Waals surface area contributed by atoms with E-state index in [2.05, 4.69) is 9.97 Å². The van der Waals surface area contributed by atoms with Gasteiger partial charge in [0.15, 0.2) is 5.65 Å². The maximum absolute atomic E-state index is 13.8. The summed E-state index contributed by atoms with van der Waals surface area (Å²) in [6.45, 7) is 4.89. The number of pyridine rings is 1. The summed E-state index contributed by atoms with van der Waals surface area (Å²) >= 11 is 0. The van der Waals surface area contributed by atoms with Crippen LogP contribution in [-0.2, 0) is 21.4 Å². The molecule has 3 aliphatic rings. The molecular weight excluding hydrogens is 487 g/mol. The maximum Gasteiger partial charge on any atom is 0.395 e. The quantitative estimate of drug-likeness (QED) is 0.489. The molecule has 3 aromatic rings. The van der Waals surface area contributed by atoms with Crippen LogP contribution in [0.2, 0.25) is 0 Å². The van der Waals surface area contributed by atoms with E-state index in [9.17, 15) is 18.0 Å². The van der Waals surface area contributed by atoms with Gasteiger partial charge in [0.05, 0.1) is 35.2 Å². The summed E-state index contributed by atoms with van der Waals surface area (Å²) in [5, 5.41) is 0. The summed E-state index contributed by atoms with van der Waals surface area (Å²) < 4.78 is 54.3. The lowest BCUT2D eigenvalue weighted by Gasteiger charge is -2.29. The molecule has 8 nitrogen and oxygen atoms in total. The van der Waals surface area contributed by atoms with Gasteiger partial charge in [-0.25, -0.2) is 19.9 Å². The van der Waals surface area contributed by atoms with Crippen molar-refractivity contribution in [3.8, 4) is 0 Å². The molecule has 2 aliphatic carbocycles. The zero-order valence-corrected chi connectivity index (χ0v) is 20.9.